The average Bonchev–Trinajstić information content (AvgIpc) is 2.74. The van der Waals surface area contributed by atoms with E-state index in [1.807, 2.05) is 54.6 Å². The molecule has 3 rings (SSSR count). The number of carbonyl (C=O) groups excluding carboxylic acids is 2. The molecule has 0 atom stereocenters. The van der Waals surface area contributed by atoms with Gasteiger partial charge in [-0.05, 0) is 43.3 Å². The molecular formula is C21H25N3O4. The van der Waals surface area contributed by atoms with Crippen LogP contribution in [0.15, 0.2) is 54.6 Å². The van der Waals surface area contributed by atoms with Gasteiger partial charge < -0.3 is 24.6 Å². The van der Waals surface area contributed by atoms with E-state index >= 15 is 0 Å². The van der Waals surface area contributed by atoms with Gasteiger partial charge in [0.1, 0.15) is 11.5 Å². The van der Waals surface area contributed by atoms with Crippen LogP contribution >= 0.6 is 0 Å². The molecule has 0 bridgehead atoms. The van der Waals surface area contributed by atoms with Crippen molar-refractivity contribution in [3.63, 3.8) is 0 Å². The summed E-state index contributed by atoms with van der Waals surface area (Å²) in [5.41, 5.74) is 0.846. The fraction of sp³-hybridized carbons (Fsp3) is 0.333. The van der Waals surface area contributed by atoms with Crippen molar-refractivity contribution in [2.24, 2.45) is 0 Å². The summed E-state index contributed by atoms with van der Waals surface area (Å²) in [7, 11) is 0. The van der Waals surface area contributed by atoms with Gasteiger partial charge in [-0.2, -0.15) is 0 Å². The Hall–Kier alpha value is -3.22. The molecule has 7 nitrogen and oxygen atoms in total. The molecule has 0 radical (unpaired) electrons. The monoisotopic (exact) mass is 383 g/mol. The average molecular weight is 383 g/mol. The van der Waals surface area contributed by atoms with Gasteiger partial charge in [-0.3, -0.25) is 4.79 Å². The number of nitrogens with one attached hydrogen (secondary N) is 1. The minimum atomic E-state index is -0.314. The number of para-hydroxylation sites is 1. The van der Waals surface area contributed by atoms with Crippen LogP contribution < -0.4 is 10.1 Å². The number of anilines is 1. The van der Waals surface area contributed by atoms with Crippen molar-refractivity contribution in [2.45, 2.75) is 6.92 Å². The topological polar surface area (TPSA) is 71.1 Å². The summed E-state index contributed by atoms with van der Waals surface area (Å²) in [6.45, 7) is 4.37. The van der Waals surface area contributed by atoms with E-state index in [-0.39, 0.29) is 18.5 Å². The van der Waals surface area contributed by atoms with Crippen LogP contribution in [0.25, 0.3) is 0 Å². The maximum absolute atomic E-state index is 12.4. The molecule has 0 aliphatic carbocycles. The molecule has 0 saturated carbocycles. The van der Waals surface area contributed by atoms with Crippen LogP contribution in [-0.4, -0.2) is 61.1 Å². The number of benzene rings is 2. The Labute approximate surface area is 164 Å². The number of nitrogens with zero attached hydrogens (tertiary/aromatic N) is 2. The third-order valence-corrected chi connectivity index (χ3v) is 4.44. The van der Waals surface area contributed by atoms with E-state index in [9.17, 15) is 9.59 Å². The van der Waals surface area contributed by atoms with Crippen molar-refractivity contribution in [3.05, 3.63) is 54.6 Å². The molecule has 28 heavy (non-hydrogen) atoms. The van der Waals surface area contributed by atoms with Gasteiger partial charge in [0.15, 0.2) is 0 Å². The number of carbonyl (C=O) groups is 2. The van der Waals surface area contributed by atoms with Crippen molar-refractivity contribution in [1.29, 1.82) is 0 Å². The standard InChI is InChI=1S/C21H25N3O4/c1-2-27-21(26)24-14-12-23(13-15-24)20(25)16-22-17-8-10-19(11-9-17)28-18-6-4-3-5-7-18/h3-11,22H,2,12-16H2,1H3. The minimum absolute atomic E-state index is 0.00752. The maximum atomic E-state index is 12.4. The van der Waals surface area contributed by atoms with Crippen molar-refractivity contribution >= 4 is 17.7 Å². The highest BCUT2D eigenvalue weighted by molar-refractivity contribution is 5.81. The van der Waals surface area contributed by atoms with Gasteiger partial charge in [-0.25, -0.2) is 4.79 Å². The number of rotatable bonds is 6. The Morgan fingerprint density at radius 2 is 1.50 bits per heavy atom. The second kappa shape index (κ2) is 9.64. The van der Waals surface area contributed by atoms with Gasteiger partial charge in [0.25, 0.3) is 0 Å². The Morgan fingerprint density at radius 1 is 0.893 bits per heavy atom. The maximum Gasteiger partial charge on any atom is 0.409 e. The minimum Gasteiger partial charge on any atom is -0.457 e. The lowest BCUT2D eigenvalue weighted by atomic mass is 10.3. The zero-order chi connectivity index (χ0) is 19.8. The summed E-state index contributed by atoms with van der Waals surface area (Å²) in [4.78, 5) is 27.5. The molecule has 2 aromatic rings. The molecule has 7 heteroatoms. The molecule has 1 heterocycles. The van der Waals surface area contributed by atoms with Crippen LogP contribution in [-0.2, 0) is 9.53 Å². The highest BCUT2D eigenvalue weighted by atomic mass is 16.6. The molecule has 2 aromatic carbocycles. The van der Waals surface area contributed by atoms with Crippen LogP contribution in [0, 0.1) is 0 Å². The third kappa shape index (κ3) is 5.39. The molecule has 0 unspecified atom stereocenters. The number of ether oxygens (including phenoxy) is 2. The fourth-order valence-electron chi connectivity index (χ4n) is 2.91. The summed E-state index contributed by atoms with van der Waals surface area (Å²) < 4.78 is 10.7. The van der Waals surface area contributed by atoms with Crippen LogP contribution in [0.2, 0.25) is 0 Å². The van der Waals surface area contributed by atoms with Gasteiger partial charge in [-0.15, -0.1) is 0 Å². The van der Waals surface area contributed by atoms with Gasteiger partial charge in [0, 0.05) is 31.9 Å². The number of amides is 2. The smallest absolute Gasteiger partial charge is 0.409 e. The van der Waals surface area contributed by atoms with Crippen LogP contribution in [0.4, 0.5) is 10.5 Å². The first-order valence-electron chi connectivity index (χ1n) is 9.42. The molecule has 0 aromatic heterocycles. The molecule has 2 amide bonds. The van der Waals surface area contributed by atoms with Gasteiger partial charge in [-0.1, -0.05) is 18.2 Å². The summed E-state index contributed by atoms with van der Waals surface area (Å²) >= 11 is 0. The SMILES string of the molecule is CCOC(=O)N1CCN(C(=O)CNc2ccc(Oc3ccccc3)cc2)CC1. The first kappa shape index (κ1) is 19.5. The van der Waals surface area contributed by atoms with Crippen molar-refractivity contribution in [1.82, 2.24) is 9.80 Å². The first-order valence-corrected chi connectivity index (χ1v) is 9.42. The van der Waals surface area contributed by atoms with E-state index in [4.69, 9.17) is 9.47 Å². The lowest BCUT2D eigenvalue weighted by Gasteiger charge is -2.34. The zero-order valence-corrected chi connectivity index (χ0v) is 16.0. The zero-order valence-electron chi connectivity index (χ0n) is 16.0. The van der Waals surface area contributed by atoms with Crippen LogP contribution in [0.5, 0.6) is 11.5 Å². The van der Waals surface area contributed by atoms with Gasteiger partial charge in [0.05, 0.1) is 13.2 Å². The molecule has 0 spiro atoms. The van der Waals surface area contributed by atoms with Crippen molar-refractivity contribution < 1.29 is 19.1 Å². The molecule has 1 aliphatic rings. The molecule has 1 N–H and O–H groups in total. The number of hydrogen-bond acceptors (Lipinski definition) is 5. The van der Waals surface area contributed by atoms with E-state index in [2.05, 4.69) is 5.32 Å². The predicted octanol–water partition coefficient (Wildman–Crippen LogP) is 3.19. The normalized spacial score (nSPS) is 13.8. The number of piperazine rings is 1. The third-order valence-electron chi connectivity index (χ3n) is 4.44. The van der Waals surface area contributed by atoms with E-state index in [1.54, 1.807) is 16.7 Å². The molecule has 148 valence electrons. The second-order valence-electron chi connectivity index (χ2n) is 6.36. The van der Waals surface area contributed by atoms with Gasteiger partial charge >= 0.3 is 6.09 Å². The largest absolute Gasteiger partial charge is 0.457 e. The summed E-state index contributed by atoms with van der Waals surface area (Å²) in [5, 5.41) is 3.14. The van der Waals surface area contributed by atoms with E-state index in [0.717, 1.165) is 17.2 Å². The molecule has 1 aliphatic heterocycles. The Morgan fingerprint density at radius 3 is 2.14 bits per heavy atom. The van der Waals surface area contributed by atoms with E-state index < -0.39 is 0 Å². The Balaban J connectivity index is 1.43. The molecular weight excluding hydrogens is 358 g/mol. The lowest BCUT2D eigenvalue weighted by molar-refractivity contribution is -0.130. The van der Waals surface area contributed by atoms with Crippen LogP contribution in [0.3, 0.4) is 0 Å². The Bertz CT molecular complexity index is 772. The summed E-state index contributed by atoms with van der Waals surface area (Å²) in [6, 6.07) is 17.0. The van der Waals surface area contributed by atoms with Gasteiger partial charge in [0.2, 0.25) is 5.91 Å². The quantitative estimate of drug-likeness (QED) is 0.830. The fourth-order valence-corrected chi connectivity index (χ4v) is 2.91. The molecule has 1 saturated heterocycles. The lowest BCUT2D eigenvalue weighted by Crippen LogP contribution is -2.51. The summed E-state index contributed by atoms with van der Waals surface area (Å²) in [6.07, 6.45) is -0.314. The van der Waals surface area contributed by atoms with E-state index in [0.29, 0.717) is 32.8 Å². The van der Waals surface area contributed by atoms with Crippen molar-refractivity contribution in [2.75, 3.05) is 44.6 Å². The van der Waals surface area contributed by atoms with Crippen molar-refractivity contribution in [3.8, 4) is 11.5 Å². The highest BCUT2D eigenvalue weighted by Crippen LogP contribution is 2.22. The second-order valence-corrected chi connectivity index (χ2v) is 6.36. The summed E-state index contributed by atoms with van der Waals surface area (Å²) in [5.74, 6) is 1.52. The highest BCUT2D eigenvalue weighted by Gasteiger charge is 2.24. The predicted molar refractivity (Wildman–Crippen MR) is 107 cm³/mol. The Kier molecular flexibility index (Phi) is 6.73. The van der Waals surface area contributed by atoms with Crippen LogP contribution in [0.1, 0.15) is 6.92 Å². The molecule has 1 fully saturated rings. The first-order chi connectivity index (χ1) is 13.7. The number of hydrogen-bond donors (Lipinski definition) is 1. The van der Waals surface area contributed by atoms with E-state index in [1.165, 1.54) is 0 Å².